The lowest BCUT2D eigenvalue weighted by molar-refractivity contribution is 0.456. The van der Waals surface area contributed by atoms with Crippen LogP contribution in [-0.4, -0.2) is 6.04 Å². The third-order valence-electron chi connectivity index (χ3n) is 2.76. The van der Waals surface area contributed by atoms with Gasteiger partial charge < -0.3 is 9.73 Å². The maximum absolute atomic E-state index is 13.2. The molecule has 1 heterocycles. The second kappa shape index (κ2) is 6.03. The minimum Gasteiger partial charge on any atom is -0.469 e. The van der Waals surface area contributed by atoms with E-state index in [1.807, 2.05) is 18.2 Å². The van der Waals surface area contributed by atoms with Crippen molar-refractivity contribution in [2.45, 2.75) is 25.9 Å². The maximum atomic E-state index is 13.2. The zero-order chi connectivity index (χ0) is 13.0. The van der Waals surface area contributed by atoms with Gasteiger partial charge in [-0.1, -0.05) is 23.7 Å². The van der Waals surface area contributed by atoms with Crippen LogP contribution in [0.25, 0.3) is 0 Å². The molecule has 0 bridgehead atoms. The van der Waals surface area contributed by atoms with E-state index in [0.717, 1.165) is 17.7 Å². The Morgan fingerprint density at radius 1 is 1.33 bits per heavy atom. The molecule has 1 aromatic heterocycles. The van der Waals surface area contributed by atoms with Crippen molar-refractivity contribution in [3.63, 3.8) is 0 Å². The number of furan rings is 1. The number of hydrogen-bond donors (Lipinski definition) is 1. The van der Waals surface area contributed by atoms with Gasteiger partial charge in [0.1, 0.15) is 11.6 Å². The minimum atomic E-state index is -0.380. The molecule has 2 nitrogen and oxygen atoms in total. The standard InChI is InChI=1S/C14H15ClFNO/c1-10(8-12-5-3-7-18-12)17-9-11-4-2-6-13(16)14(11)15/h2-7,10,17H,8-9H2,1H3. The molecule has 1 aromatic carbocycles. The molecule has 0 spiro atoms. The third-order valence-corrected chi connectivity index (χ3v) is 3.18. The van der Waals surface area contributed by atoms with Crippen LogP contribution in [0, 0.1) is 5.82 Å². The summed E-state index contributed by atoms with van der Waals surface area (Å²) in [5.41, 5.74) is 0.767. The number of benzene rings is 1. The highest BCUT2D eigenvalue weighted by atomic mass is 35.5. The number of hydrogen-bond acceptors (Lipinski definition) is 2. The van der Waals surface area contributed by atoms with E-state index in [-0.39, 0.29) is 16.9 Å². The predicted octanol–water partition coefficient (Wildman–Crippen LogP) is 3.79. The topological polar surface area (TPSA) is 25.2 Å². The summed E-state index contributed by atoms with van der Waals surface area (Å²) in [6.07, 6.45) is 2.45. The summed E-state index contributed by atoms with van der Waals surface area (Å²) in [6, 6.07) is 8.88. The van der Waals surface area contributed by atoms with E-state index in [4.69, 9.17) is 16.0 Å². The number of rotatable bonds is 5. The van der Waals surface area contributed by atoms with E-state index in [2.05, 4.69) is 12.2 Å². The van der Waals surface area contributed by atoms with Gasteiger partial charge in [0.05, 0.1) is 11.3 Å². The fourth-order valence-electron chi connectivity index (χ4n) is 1.77. The van der Waals surface area contributed by atoms with Crippen LogP contribution in [0.2, 0.25) is 5.02 Å². The molecule has 0 aliphatic heterocycles. The first-order valence-electron chi connectivity index (χ1n) is 5.85. The lowest BCUT2D eigenvalue weighted by atomic mass is 10.1. The second-order valence-corrected chi connectivity index (χ2v) is 4.66. The highest BCUT2D eigenvalue weighted by Crippen LogP contribution is 2.19. The van der Waals surface area contributed by atoms with Crippen LogP contribution in [0.4, 0.5) is 4.39 Å². The summed E-state index contributed by atoms with van der Waals surface area (Å²) in [7, 11) is 0. The normalized spacial score (nSPS) is 12.6. The highest BCUT2D eigenvalue weighted by Gasteiger charge is 2.08. The van der Waals surface area contributed by atoms with Crippen LogP contribution in [0.1, 0.15) is 18.2 Å². The van der Waals surface area contributed by atoms with Gasteiger partial charge in [0.15, 0.2) is 0 Å². The summed E-state index contributed by atoms with van der Waals surface area (Å²) in [5.74, 6) is 0.551. The summed E-state index contributed by atoms with van der Waals surface area (Å²) in [4.78, 5) is 0. The van der Waals surface area contributed by atoms with Gasteiger partial charge in [0, 0.05) is 19.0 Å². The van der Waals surface area contributed by atoms with Crippen LogP contribution >= 0.6 is 11.6 Å². The molecule has 18 heavy (non-hydrogen) atoms. The van der Waals surface area contributed by atoms with E-state index < -0.39 is 0 Å². The molecule has 0 saturated carbocycles. The highest BCUT2D eigenvalue weighted by molar-refractivity contribution is 6.31. The van der Waals surface area contributed by atoms with Gasteiger partial charge in [-0.2, -0.15) is 0 Å². The average Bonchev–Trinajstić information content (AvgIpc) is 2.84. The Balaban J connectivity index is 1.89. The Labute approximate surface area is 111 Å². The van der Waals surface area contributed by atoms with E-state index >= 15 is 0 Å². The predicted molar refractivity (Wildman–Crippen MR) is 70.1 cm³/mol. The van der Waals surface area contributed by atoms with Gasteiger partial charge >= 0.3 is 0 Å². The van der Waals surface area contributed by atoms with Crippen molar-refractivity contribution in [2.24, 2.45) is 0 Å². The van der Waals surface area contributed by atoms with Gasteiger partial charge in [-0.05, 0) is 30.7 Å². The van der Waals surface area contributed by atoms with Crippen LogP contribution in [-0.2, 0) is 13.0 Å². The summed E-state index contributed by atoms with van der Waals surface area (Å²) in [6.45, 7) is 2.59. The lowest BCUT2D eigenvalue weighted by Gasteiger charge is -2.13. The van der Waals surface area contributed by atoms with Gasteiger partial charge in [-0.25, -0.2) is 4.39 Å². The van der Waals surface area contributed by atoms with Crippen LogP contribution in [0.3, 0.4) is 0 Å². The molecule has 0 radical (unpaired) electrons. The van der Waals surface area contributed by atoms with Crippen molar-refractivity contribution in [1.82, 2.24) is 5.32 Å². The van der Waals surface area contributed by atoms with Crippen LogP contribution < -0.4 is 5.32 Å². The van der Waals surface area contributed by atoms with Crippen LogP contribution in [0.15, 0.2) is 41.0 Å². The molecule has 96 valence electrons. The molecule has 1 N–H and O–H groups in total. The summed E-state index contributed by atoms with van der Waals surface area (Å²) >= 11 is 5.89. The first kappa shape index (κ1) is 13.1. The van der Waals surface area contributed by atoms with Crippen molar-refractivity contribution in [2.75, 3.05) is 0 Å². The van der Waals surface area contributed by atoms with Crippen molar-refractivity contribution in [1.29, 1.82) is 0 Å². The molecular weight excluding hydrogens is 253 g/mol. The zero-order valence-corrected chi connectivity index (χ0v) is 10.9. The monoisotopic (exact) mass is 267 g/mol. The molecule has 1 atom stereocenters. The van der Waals surface area contributed by atoms with E-state index in [0.29, 0.717) is 6.54 Å². The smallest absolute Gasteiger partial charge is 0.142 e. The Kier molecular flexibility index (Phi) is 4.39. The van der Waals surface area contributed by atoms with E-state index in [1.54, 1.807) is 12.3 Å². The van der Waals surface area contributed by atoms with E-state index in [1.165, 1.54) is 6.07 Å². The number of halogens is 2. The number of nitrogens with one attached hydrogen (secondary N) is 1. The SMILES string of the molecule is CC(Cc1ccco1)NCc1cccc(F)c1Cl. The van der Waals surface area contributed by atoms with Gasteiger partial charge in [0.2, 0.25) is 0 Å². The molecule has 0 aliphatic rings. The Bertz CT molecular complexity index is 499. The molecule has 0 amide bonds. The van der Waals surface area contributed by atoms with Crippen molar-refractivity contribution < 1.29 is 8.81 Å². The summed E-state index contributed by atoms with van der Waals surface area (Å²) in [5, 5.41) is 3.48. The average molecular weight is 268 g/mol. The Morgan fingerprint density at radius 2 is 2.17 bits per heavy atom. The first-order chi connectivity index (χ1) is 8.66. The fraction of sp³-hybridized carbons (Fsp3) is 0.286. The largest absolute Gasteiger partial charge is 0.469 e. The maximum Gasteiger partial charge on any atom is 0.142 e. The van der Waals surface area contributed by atoms with Crippen molar-refractivity contribution >= 4 is 11.6 Å². The Hall–Kier alpha value is -1.32. The van der Waals surface area contributed by atoms with Crippen molar-refractivity contribution in [3.05, 3.63) is 58.8 Å². The van der Waals surface area contributed by atoms with Gasteiger partial charge in [-0.15, -0.1) is 0 Å². The summed E-state index contributed by atoms with van der Waals surface area (Å²) < 4.78 is 18.5. The molecule has 0 aliphatic carbocycles. The van der Waals surface area contributed by atoms with E-state index in [9.17, 15) is 4.39 Å². The molecule has 2 rings (SSSR count). The molecule has 4 heteroatoms. The molecule has 0 fully saturated rings. The molecule has 2 aromatic rings. The fourth-order valence-corrected chi connectivity index (χ4v) is 1.96. The van der Waals surface area contributed by atoms with Gasteiger partial charge in [0.25, 0.3) is 0 Å². The Morgan fingerprint density at radius 3 is 2.89 bits per heavy atom. The lowest BCUT2D eigenvalue weighted by Crippen LogP contribution is -2.27. The molecular formula is C14H15ClFNO. The third kappa shape index (κ3) is 3.34. The molecule has 0 saturated heterocycles. The van der Waals surface area contributed by atoms with Crippen LogP contribution in [0.5, 0.6) is 0 Å². The second-order valence-electron chi connectivity index (χ2n) is 4.28. The van der Waals surface area contributed by atoms with Crippen molar-refractivity contribution in [3.8, 4) is 0 Å². The molecule has 1 unspecified atom stereocenters. The zero-order valence-electron chi connectivity index (χ0n) is 10.1. The minimum absolute atomic E-state index is 0.190. The quantitative estimate of drug-likeness (QED) is 0.892. The van der Waals surface area contributed by atoms with Gasteiger partial charge in [-0.3, -0.25) is 0 Å². The first-order valence-corrected chi connectivity index (χ1v) is 6.23.